The van der Waals surface area contributed by atoms with E-state index in [2.05, 4.69) is 45.6 Å². The van der Waals surface area contributed by atoms with E-state index in [9.17, 15) is 4.79 Å². The molecular weight excluding hydrogens is 294 g/mol. The lowest BCUT2D eigenvalue weighted by molar-refractivity contribution is 0.217. The van der Waals surface area contributed by atoms with Crippen molar-refractivity contribution in [1.82, 2.24) is 15.5 Å². The fourth-order valence-corrected chi connectivity index (χ4v) is 2.45. The van der Waals surface area contributed by atoms with Crippen LogP contribution in [-0.2, 0) is 0 Å². The monoisotopic (exact) mass is 311 g/mol. The third-order valence-electron chi connectivity index (χ3n) is 3.13. The molecular formula is C13H18BrN3O. The normalized spacial score (nSPS) is 16.8. The van der Waals surface area contributed by atoms with Gasteiger partial charge in [-0.15, -0.1) is 0 Å². The molecule has 98 valence electrons. The maximum atomic E-state index is 11.3. The largest absolute Gasteiger partial charge is 0.336 e. The average molecular weight is 312 g/mol. The summed E-state index contributed by atoms with van der Waals surface area (Å²) in [5.74, 6) is 0. The number of hydrogen-bond donors (Lipinski definition) is 2. The zero-order chi connectivity index (χ0) is 13.0. The third kappa shape index (κ3) is 3.46. The van der Waals surface area contributed by atoms with Gasteiger partial charge in [0.2, 0.25) is 0 Å². The van der Waals surface area contributed by atoms with Crippen LogP contribution in [0.1, 0.15) is 18.5 Å². The summed E-state index contributed by atoms with van der Waals surface area (Å²) in [4.78, 5) is 13.2. The second-order valence-corrected chi connectivity index (χ2v) is 5.37. The van der Waals surface area contributed by atoms with E-state index in [0.29, 0.717) is 0 Å². The molecule has 2 amide bonds. The molecule has 1 saturated heterocycles. The Morgan fingerprint density at radius 2 is 2.39 bits per heavy atom. The van der Waals surface area contributed by atoms with Gasteiger partial charge in [-0.05, 0) is 24.6 Å². The Labute approximate surface area is 116 Å². The van der Waals surface area contributed by atoms with Gasteiger partial charge in [-0.1, -0.05) is 28.1 Å². The molecule has 1 heterocycles. The summed E-state index contributed by atoms with van der Waals surface area (Å²) < 4.78 is 1.09. The van der Waals surface area contributed by atoms with Gasteiger partial charge in [0.25, 0.3) is 0 Å². The van der Waals surface area contributed by atoms with Crippen LogP contribution >= 0.6 is 15.9 Å². The van der Waals surface area contributed by atoms with Crippen LogP contribution in [0.15, 0.2) is 28.7 Å². The van der Waals surface area contributed by atoms with Gasteiger partial charge >= 0.3 is 6.03 Å². The number of amides is 2. The van der Waals surface area contributed by atoms with Gasteiger partial charge in [0.15, 0.2) is 0 Å². The van der Waals surface area contributed by atoms with Crippen molar-refractivity contribution >= 4 is 22.0 Å². The fourth-order valence-electron chi connectivity index (χ4n) is 2.03. The summed E-state index contributed by atoms with van der Waals surface area (Å²) >= 11 is 3.47. The van der Waals surface area contributed by atoms with Gasteiger partial charge in [0, 0.05) is 36.7 Å². The highest BCUT2D eigenvalue weighted by Gasteiger charge is 2.18. The number of halogens is 1. The highest BCUT2D eigenvalue weighted by atomic mass is 79.9. The first-order chi connectivity index (χ1) is 8.66. The first-order valence-corrected chi connectivity index (χ1v) is 6.98. The molecule has 1 fully saturated rings. The molecule has 18 heavy (non-hydrogen) atoms. The number of rotatable bonds is 5. The Kier molecular flexibility index (Phi) is 4.60. The minimum absolute atomic E-state index is 0.0481. The first kappa shape index (κ1) is 13.4. The van der Waals surface area contributed by atoms with Crippen molar-refractivity contribution in [2.45, 2.75) is 13.0 Å². The Hall–Kier alpha value is -1.07. The molecule has 1 aromatic rings. The summed E-state index contributed by atoms with van der Waals surface area (Å²) in [5.41, 5.74) is 1.25. The summed E-state index contributed by atoms with van der Waals surface area (Å²) in [7, 11) is 0. The van der Waals surface area contributed by atoms with Crippen molar-refractivity contribution < 1.29 is 4.79 Å². The van der Waals surface area contributed by atoms with E-state index in [1.807, 2.05) is 17.0 Å². The molecule has 5 heteroatoms. The lowest BCUT2D eigenvalue weighted by Gasteiger charge is -2.18. The molecule has 0 unspecified atom stereocenters. The number of hydrogen-bond acceptors (Lipinski definition) is 2. The molecule has 2 N–H and O–H groups in total. The van der Waals surface area contributed by atoms with Crippen LogP contribution in [0.5, 0.6) is 0 Å². The molecule has 0 bridgehead atoms. The number of carbonyl (C=O) groups is 1. The summed E-state index contributed by atoms with van der Waals surface area (Å²) in [6, 6.07) is 8.60. The molecule has 0 aliphatic carbocycles. The zero-order valence-electron chi connectivity index (χ0n) is 10.4. The van der Waals surface area contributed by atoms with E-state index < -0.39 is 0 Å². The fraction of sp³-hybridized carbons (Fsp3) is 0.462. The van der Waals surface area contributed by atoms with Gasteiger partial charge in [-0.2, -0.15) is 0 Å². The zero-order valence-corrected chi connectivity index (χ0v) is 12.0. The summed E-state index contributed by atoms with van der Waals surface area (Å²) in [5, 5.41) is 6.23. The van der Waals surface area contributed by atoms with Gasteiger partial charge in [0.05, 0.1) is 0 Å². The Balaban J connectivity index is 1.78. The first-order valence-electron chi connectivity index (χ1n) is 6.18. The Bertz CT molecular complexity index is 424. The molecule has 4 nitrogen and oxygen atoms in total. The SMILES string of the molecule is C[C@@H](NCCN1CCNC1=O)c1cccc(Br)c1. The minimum atomic E-state index is 0.0481. The maximum Gasteiger partial charge on any atom is 0.317 e. The van der Waals surface area contributed by atoms with Crippen LogP contribution in [0, 0.1) is 0 Å². The van der Waals surface area contributed by atoms with Crippen LogP contribution < -0.4 is 10.6 Å². The molecule has 2 rings (SSSR count). The van der Waals surface area contributed by atoms with Gasteiger partial charge in [-0.25, -0.2) is 4.79 Å². The van der Waals surface area contributed by atoms with E-state index in [4.69, 9.17) is 0 Å². The summed E-state index contributed by atoms with van der Waals surface area (Å²) in [6.07, 6.45) is 0. The number of urea groups is 1. The Morgan fingerprint density at radius 1 is 1.56 bits per heavy atom. The van der Waals surface area contributed by atoms with Crippen molar-refractivity contribution in [3.63, 3.8) is 0 Å². The topological polar surface area (TPSA) is 44.4 Å². The van der Waals surface area contributed by atoms with Crippen molar-refractivity contribution in [2.75, 3.05) is 26.2 Å². The average Bonchev–Trinajstić information content (AvgIpc) is 2.75. The maximum absolute atomic E-state index is 11.3. The number of carbonyl (C=O) groups excluding carboxylic acids is 1. The van der Waals surface area contributed by atoms with E-state index in [-0.39, 0.29) is 12.1 Å². The van der Waals surface area contributed by atoms with Gasteiger partial charge < -0.3 is 15.5 Å². The number of nitrogens with one attached hydrogen (secondary N) is 2. The van der Waals surface area contributed by atoms with Gasteiger partial charge in [-0.3, -0.25) is 0 Å². The molecule has 0 aromatic heterocycles. The predicted octanol–water partition coefficient (Wildman–Crippen LogP) is 2.12. The van der Waals surface area contributed by atoms with Crippen LogP contribution in [0.4, 0.5) is 4.79 Å². The van der Waals surface area contributed by atoms with Gasteiger partial charge in [0.1, 0.15) is 0 Å². The van der Waals surface area contributed by atoms with E-state index >= 15 is 0 Å². The van der Waals surface area contributed by atoms with Crippen LogP contribution in [0.25, 0.3) is 0 Å². The second-order valence-electron chi connectivity index (χ2n) is 4.45. The third-order valence-corrected chi connectivity index (χ3v) is 3.62. The predicted molar refractivity (Wildman–Crippen MR) is 75.5 cm³/mol. The van der Waals surface area contributed by atoms with Crippen LogP contribution in [0.3, 0.4) is 0 Å². The van der Waals surface area contributed by atoms with Crippen molar-refractivity contribution in [3.05, 3.63) is 34.3 Å². The highest BCUT2D eigenvalue weighted by molar-refractivity contribution is 9.10. The van der Waals surface area contributed by atoms with Crippen LogP contribution in [-0.4, -0.2) is 37.1 Å². The molecule has 1 aliphatic heterocycles. The Morgan fingerprint density at radius 3 is 3.06 bits per heavy atom. The molecule has 0 spiro atoms. The molecule has 1 aromatic carbocycles. The molecule has 1 aliphatic rings. The lowest BCUT2D eigenvalue weighted by Crippen LogP contribution is -2.35. The summed E-state index contributed by atoms with van der Waals surface area (Å²) in [6.45, 7) is 5.27. The number of benzene rings is 1. The number of nitrogens with zero attached hydrogens (tertiary/aromatic N) is 1. The standard InChI is InChI=1S/C13H18BrN3O/c1-10(11-3-2-4-12(14)9-11)15-5-7-17-8-6-16-13(17)18/h2-4,9-10,15H,5-8H2,1H3,(H,16,18)/t10-/m1/s1. The molecule has 0 radical (unpaired) electrons. The highest BCUT2D eigenvalue weighted by Crippen LogP contribution is 2.17. The molecule has 1 atom stereocenters. The van der Waals surface area contributed by atoms with Crippen molar-refractivity contribution in [2.24, 2.45) is 0 Å². The smallest absolute Gasteiger partial charge is 0.317 e. The van der Waals surface area contributed by atoms with Crippen molar-refractivity contribution in [1.29, 1.82) is 0 Å². The van der Waals surface area contributed by atoms with Crippen molar-refractivity contribution in [3.8, 4) is 0 Å². The minimum Gasteiger partial charge on any atom is -0.336 e. The lowest BCUT2D eigenvalue weighted by atomic mass is 10.1. The molecule has 0 saturated carbocycles. The van der Waals surface area contributed by atoms with Crippen LogP contribution in [0.2, 0.25) is 0 Å². The van der Waals surface area contributed by atoms with E-state index in [1.54, 1.807) is 0 Å². The quantitative estimate of drug-likeness (QED) is 0.875. The second kappa shape index (κ2) is 6.20. The van der Waals surface area contributed by atoms with E-state index in [1.165, 1.54) is 5.56 Å². The van der Waals surface area contributed by atoms with E-state index in [0.717, 1.165) is 30.7 Å².